The lowest BCUT2D eigenvalue weighted by molar-refractivity contribution is 0.229. The van der Waals surface area contributed by atoms with Gasteiger partial charge in [0.15, 0.2) is 0 Å². The van der Waals surface area contributed by atoms with Crippen LogP contribution in [0.3, 0.4) is 0 Å². The molecule has 4 heteroatoms. The highest BCUT2D eigenvalue weighted by atomic mass is 16.5. The standard InChI is InChI=1S/C25H34N2O2/c1-19-6-4-13-27(19)14-5-15-29-23-11-12-24-21(16-23)17-26(2)18-25(24)20-7-9-22(28-3)10-8-20/h7-12,16,19,25H,4-6,13-15,17-18H2,1-3H3. The van der Waals surface area contributed by atoms with Gasteiger partial charge in [0.2, 0.25) is 0 Å². The first kappa shape index (κ1) is 20.2. The van der Waals surface area contributed by atoms with E-state index in [1.807, 2.05) is 0 Å². The molecule has 0 spiro atoms. The van der Waals surface area contributed by atoms with Crippen LogP contribution in [0.2, 0.25) is 0 Å². The third-order valence-electron chi connectivity index (χ3n) is 6.49. The fourth-order valence-corrected chi connectivity index (χ4v) is 4.82. The molecule has 1 fully saturated rings. The Kier molecular flexibility index (Phi) is 6.41. The Bertz CT molecular complexity index is 805. The second kappa shape index (κ2) is 9.19. The zero-order valence-corrected chi connectivity index (χ0v) is 18.1. The van der Waals surface area contributed by atoms with Crippen molar-refractivity contribution < 1.29 is 9.47 Å². The van der Waals surface area contributed by atoms with Crippen molar-refractivity contribution in [2.45, 2.75) is 44.7 Å². The quantitative estimate of drug-likeness (QED) is 0.645. The Morgan fingerprint density at radius 3 is 2.59 bits per heavy atom. The third-order valence-corrected chi connectivity index (χ3v) is 6.49. The Balaban J connectivity index is 1.40. The molecule has 156 valence electrons. The number of hydrogen-bond acceptors (Lipinski definition) is 4. The van der Waals surface area contributed by atoms with Crippen molar-refractivity contribution in [1.82, 2.24) is 9.80 Å². The average Bonchev–Trinajstić information content (AvgIpc) is 3.15. The molecule has 0 radical (unpaired) electrons. The van der Waals surface area contributed by atoms with E-state index in [-0.39, 0.29) is 0 Å². The molecule has 1 saturated heterocycles. The van der Waals surface area contributed by atoms with Crippen LogP contribution in [0.4, 0.5) is 0 Å². The number of likely N-dealkylation sites (tertiary alicyclic amines) is 1. The van der Waals surface area contributed by atoms with E-state index in [1.54, 1.807) is 7.11 Å². The van der Waals surface area contributed by atoms with Crippen molar-refractivity contribution in [2.75, 3.05) is 40.4 Å². The molecule has 4 nitrogen and oxygen atoms in total. The van der Waals surface area contributed by atoms with E-state index in [1.165, 1.54) is 36.1 Å². The molecule has 0 aliphatic carbocycles. The van der Waals surface area contributed by atoms with Gasteiger partial charge in [-0.2, -0.15) is 0 Å². The molecule has 0 bridgehead atoms. The number of rotatable bonds is 7. The molecular formula is C25H34N2O2. The van der Waals surface area contributed by atoms with Gasteiger partial charge in [-0.15, -0.1) is 0 Å². The van der Waals surface area contributed by atoms with Crippen molar-refractivity contribution in [3.63, 3.8) is 0 Å². The van der Waals surface area contributed by atoms with E-state index in [2.05, 4.69) is 66.2 Å². The van der Waals surface area contributed by atoms with Gasteiger partial charge < -0.3 is 19.3 Å². The number of hydrogen-bond donors (Lipinski definition) is 0. The maximum absolute atomic E-state index is 6.11. The number of nitrogens with zero attached hydrogens (tertiary/aromatic N) is 2. The minimum Gasteiger partial charge on any atom is -0.497 e. The zero-order chi connectivity index (χ0) is 20.2. The SMILES string of the molecule is COc1ccc(C2CN(C)Cc3cc(OCCCN4CCCC4C)ccc32)cc1. The Labute approximate surface area is 175 Å². The predicted octanol–water partition coefficient (Wildman–Crippen LogP) is 4.53. The summed E-state index contributed by atoms with van der Waals surface area (Å²) in [6.45, 7) is 7.54. The number of methoxy groups -OCH3 is 1. The van der Waals surface area contributed by atoms with E-state index >= 15 is 0 Å². The largest absolute Gasteiger partial charge is 0.497 e. The van der Waals surface area contributed by atoms with E-state index in [0.717, 1.165) is 50.2 Å². The molecule has 2 unspecified atom stereocenters. The molecule has 2 aliphatic rings. The smallest absolute Gasteiger partial charge is 0.119 e. The van der Waals surface area contributed by atoms with Crippen LogP contribution in [-0.4, -0.2) is 56.2 Å². The summed E-state index contributed by atoms with van der Waals surface area (Å²) >= 11 is 0. The highest BCUT2D eigenvalue weighted by Crippen LogP contribution is 2.35. The molecule has 0 aromatic heterocycles. The van der Waals surface area contributed by atoms with E-state index in [0.29, 0.717) is 5.92 Å². The average molecular weight is 395 g/mol. The Morgan fingerprint density at radius 1 is 1.07 bits per heavy atom. The number of ether oxygens (including phenoxy) is 2. The predicted molar refractivity (Wildman–Crippen MR) is 118 cm³/mol. The van der Waals surface area contributed by atoms with Crippen molar-refractivity contribution in [3.8, 4) is 11.5 Å². The molecule has 0 N–H and O–H groups in total. The minimum absolute atomic E-state index is 0.389. The van der Waals surface area contributed by atoms with Crippen molar-refractivity contribution in [3.05, 3.63) is 59.2 Å². The zero-order valence-electron chi connectivity index (χ0n) is 18.1. The van der Waals surface area contributed by atoms with Gasteiger partial charge in [-0.1, -0.05) is 18.2 Å². The number of fused-ring (bicyclic) bond motifs is 1. The fourth-order valence-electron chi connectivity index (χ4n) is 4.82. The molecule has 2 aliphatic heterocycles. The van der Waals surface area contributed by atoms with Crippen LogP contribution in [0, 0.1) is 0 Å². The molecule has 0 saturated carbocycles. The lowest BCUT2D eigenvalue weighted by Crippen LogP contribution is -2.31. The van der Waals surface area contributed by atoms with Crippen LogP contribution < -0.4 is 9.47 Å². The van der Waals surface area contributed by atoms with Gasteiger partial charge >= 0.3 is 0 Å². The summed E-state index contributed by atoms with van der Waals surface area (Å²) in [7, 11) is 3.91. The van der Waals surface area contributed by atoms with Gasteiger partial charge in [0.1, 0.15) is 11.5 Å². The molecular weight excluding hydrogens is 360 g/mol. The van der Waals surface area contributed by atoms with Crippen LogP contribution in [0.15, 0.2) is 42.5 Å². The topological polar surface area (TPSA) is 24.9 Å². The summed E-state index contributed by atoms with van der Waals surface area (Å²) in [6.07, 6.45) is 3.78. The minimum atomic E-state index is 0.389. The van der Waals surface area contributed by atoms with Gasteiger partial charge in [0.25, 0.3) is 0 Å². The summed E-state index contributed by atoms with van der Waals surface area (Å²) < 4.78 is 11.4. The van der Waals surface area contributed by atoms with Gasteiger partial charge in [-0.25, -0.2) is 0 Å². The van der Waals surface area contributed by atoms with Crippen LogP contribution in [0.25, 0.3) is 0 Å². The molecule has 0 amide bonds. The van der Waals surface area contributed by atoms with E-state index in [4.69, 9.17) is 9.47 Å². The monoisotopic (exact) mass is 394 g/mol. The first-order valence-electron chi connectivity index (χ1n) is 11.0. The van der Waals surface area contributed by atoms with E-state index in [9.17, 15) is 0 Å². The van der Waals surface area contributed by atoms with Crippen molar-refractivity contribution >= 4 is 0 Å². The molecule has 29 heavy (non-hydrogen) atoms. The van der Waals surface area contributed by atoms with E-state index < -0.39 is 0 Å². The van der Waals surface area contributed by atoms with Crippen molar-refractivity contribution in [1.29, 1.82) is 0 Å². The molecule has 2 aromatic rings. The Morgan fingerprint density at radius 2 is 1.86 bits per heavy atom. The highest BCUT2D eigenvalue weighted by Gasteiger charge is 2.25. The van der Waals surface area contributed by atoms with Gasteiger partial charge in [-0.05, 0) is 80.7 Å². The van der Waals surface area contributed by atoms with Crippen molar-refractivity contribution in [2.24, 2.45) is 0 Å². The van der Waals surface area contributed by atoms with Gasteiger partial charge in [0, 0.05) is 31.6 Å². The third kappa shape index (κ3) is 4.76. The van der Waals surface area contributed by atoms with Crippen LogP contribution in [0.5, 0.6) is 11.5 Å². The van der Waals surface area contributed by atoms with Crippen LogP contribution in [0.1, 0.15) is 48.8 Å². The lowest BCUT2D eigenvalue weighted by atomic mass is 9.84. The van der Waals surface area contributed by atoms with Crippen LogP contribution >= 0.6 is 0 Å². The van der Waals surface area contributed by atoms with Gasteiger partial charge in [-0.3, -0.25) is 0 Å². The second-order valence-electron chi connectivity index (χ2n) is 8.61. The Hall–Kier alpha value is -2.04. The fraction of sp³-hybridized carbons (Fsp3) is 0.520. The summed E-state index contributed by atoms with van der Waals surface area (Å²) in [5.41, 5.74) is 4.14. The lowest BCUT2D eigenvalue weighted by Gasteiger charge is -2.33. The number of benzene rings is 2. The van der Waals surface area contributed by atoms with Gasteiger partial charge in [0.05, 0.1) is 13.7 Å². The summed E-state index contributed by atoms with van der Waals surface area (Å²) in [6, 6.07) is 15.9. The normalized spacial score (nSPS) is 22.4. The maximum atomic E-state index is 6.11. The number of likely N-dealkylation sites (N-methyl/N-ethyl adjacent to an activating group) is 1. The first-order valence-corrected chi connectivity index (χ1v) is 11.0. The molecule has 2 aromatic carbocycles. The van der Waals surface area contributed by atoms with Crippen LogP contribution in [-0.2, 0) is 6.54 Å². The summed E-state index contributed by atoms with van der Waals surface area (Å²) in [5.74, 6) is 2.30. The highest BCUT2D eigenvalue weighted by molar-refractivity contribution is 5.45. The summed E-state index contributed by atoms with van der Waals surface area (Å²) in [4.78, 5) is 4.99. The molecule has 2 atom stereocenters. The summed E-state index contributed by atoms with van der Waals surface area (Å²) in [5, 5.41) is 0. The first-order chi connectivity index (χ1) is 14.1. The maximum Gasteiger partial charge on any atom is 0.119 e. The molecule has 4 rings (SSSR count). The second-order valence-corrected chi connectivity index (χ2v) is 8.61. The molecule has 2 heterocycles.